The van der Waals surface area contributed by atoms with Crippen molar-refractivity contribution in [2.24, 2.45) is 0 Å². The molecule has 0 amide bonds. The van der Waals surface area contributed by atoms with Crippen molar-refractivity contribution in [3.63, 3.8) is 0 Å². The Kier molecular flexibility index (Phi) is 18.1. The van der Waals surface area contributed by atoms with Crippen molar-refractivity contribution in [3.05, 3.63) is 0 Å². The van der Waals surface area contributed by atoms with E-state index in [9.17, 15) is 10.2 Å². The summed E-state index contributed by atoms with van der Waals surface area (Å²) >= 11 is 0. The molecule has 0 saturated heterocycles. The fourth-order valence-corrected chi connectivity index (χ4v) is 0. The van der Waals surface area contributed by atoms with E-state index in [2.05, 4.69) is 0 Å². The first-order chi connectivity index (χ1) is 4.00. The van der Waals surface area contributed by atoms with Crippen LogP contribution in [0.1, 0.15) is 41.5 Å². The van der Waals surface area contributed by atoms with E-state index in [1.807, 2.05) is 0 Å². The van der Waals surface area contributed by atoms with Gasteiger partial charge in [-0.15, -0.1) is 11.2 Å². The van der Waals surface area contributed by atoms with Gasteiger partial charge >= 0.3 is 52.4 Å². The van der Waals surface area contributed by atoms with E-state index in [1.165, 1.54) is 0 Å². The predicted octanol–water partition coefficient (Wildman–Crippen LogP) is 0.285. The second-order valence-corrected chi connectivity index (χ2v) is 4.22. The largest absolute Gasteiger partial charge is 4.00 e. The minimum absolute atomic E-state index is 0. The minimum Gasteiger partial charge on any atom is -0.850 e. The van der Waals surface area contributed by atoms with Gasteiger partial charge in [0.05, 0.1) is 0 Å². The van der Waals surface area contributed by atoms with Crippen molar-refractivity contribution in [1.29, 1.82) is 0 Å². The van der Waals surface area contributed by atoms with E-state index >= 15 is 0 Å². The normalized spacial score (nSPS) is 10.0. The average Bonchev–Trinajstić information content (AvgIpc) is 1.12. The van der Waals surface area contributed by atoms with Gasteiger partial charge in [-0.05, 0) is 0 Å². The maximum Gasteiger partial charge on any atom is 4.00 e. The Morgan fingerprint density at radius 1 is 0.583 bits per heavy atom. The van der Waals surface area contributed by atoms with Crippen molar-refractivity contribution >= 4 is 0 Å². The van der Waals surface area contributed by atoms with E-state index in [1.54, 1.807) is 41.5 Å². The number of hydrogen-bond donors (Lipinski definition) is 0. The molecule has 0 aromatic carbocycles. The second-order valence-electron chi connectivity index (χ2n) is 4.22. The molecule has 0 aliphatic heterocycles. The average molecular weight is 329 g/mol. The summed E-state index contributed by atoms with van der Waals surface area (Å²) in [5.74, 6) is 0. The van der Waals surface area contributed by atoms with Gasteiger partial charge in [-0.3, -0.25) is 0 Å². The topological polar surface area (TPSA) is 46.1 Å². The van der Waals surface area contributed by atoms with Gasteiger partial charge in [0.1, 0.15) is 0 Å². The van der Waals surface area contributed by atoms with Crippen molar-refractivity contribution in [3.8, 4) is 0 Å². The summed E-state index contributed by atoms with van der Waals surface area (Å²) in [5, 5.41) is 20.2. The van der Waals surface area contributed by atoms with Crippen molar-refractivity contribution in [2.75, 3.05) is 0 Å². The van der Waals surface area contributed by atoms with Crippen molar-refractivity contribution in [2.45, 2.75) is 52.7 Å². The molecule has 64 valence electrons. The van der Waals surface area contributed by atoms with Gasteiger partial charge in [-0.2, -0.15) is 0 Å². The molecule has 0 N–H and O–H groups in total. The van der Waals surface area contributed by atoms with Crippen molar-refractivity contribution < 1.29 is 62.6 Å². The molecule has 0 aromatic heterocycles. The third-order valence-corrected chi connectivity index (χ3v) is 0. The first kappa shape index (κ1) is 23.5. The fraction of sp³-hybridized carbons (Fsp3) is 1.00. The quantitative estimate of drug-likeness (QED) is 0.641. The molecule has 0 unspecified atom stereocenters. The first-order valence-corrected chi connectivity index (χ1v) is 3.41. The smallest absolute Gasteiger partial charge is 0.850 e. The molecule has 4 heteroatoms. The van der Waals surface area contributed by atoms with Crippen LogP contribution in [0, 0.1) is 0 Å². The molecule has 2 nitrogen and oxygen atoms in total. The third-order valence-electron chi connectivity index (χ3n) is 0. The molecule has 0 aliphatic rings. The maximum absolute atomic E-state index is 10.1. The molecule has 12 heavy (non-hydrogen) atoms. The van der Waals surface area contributed by atoms with Gasteiger partial charge < -0.3 is 10.2 Å². The van der Waals surface area contributed by atoms with Crippen LogP contribution < -0.4 is 10.2 Å². The van der Waals surface area contributed by atoms with Crippen LogP contribution in [0.15, 0.2) is 0 Å². The standard InChI is InChI=1S/2C4H9O.2Zr/c2*1-4(2,3)5;;/h2*1-3H3;;/q2*-1;2*+4. The Bertz CT molecular complexity index is 58.0. The van der Waals surface area contributed by atoms with Crippen molar-refractivity contribution in [1.82, 2.24) is 0 Å². The minimum atomic E-state index is -0.750. The molecular formula is C8H18O2Zr2+6. The molecule has 0 fully saturated rings. The van der Waals surface area contributed by atoms with Crippen LogP contribution in [0.5, 0.6) is 0 Å². The molecule has 0 saturated carbocycles. The van der Waals surface area contributed by atoms with Crippen LogP contribution in [0.2, 0.25) is 0 Å². The predicted molar refractivity (Wildman–Crippen MR) is 39.5 cm³/mol. The summed E-state index contributed by atoms with van der Waals surface area (Å²) in [6.07, 6.45) is 0. The maximum atomic E-state index is 10.1. The SMILES string of the molecule is CC(C)(C)[O-].CC(C)(C)[O-].[Zr+4].[Zr+4]. The summed E-state index contributed by atoms with van der Waals surface area (Å²) in [5.41, 5.74) is -1.50. The van der Waals surface area contributed by atoms with E-state index in [0.717, 1.165) is 0 Å². The van der Waals surface area contributed by atoms with Gasteiger partial charge in [0.15, 0.2) is 0 Å². The summed E-state index contributed by atoms with van der Waals surface area (Å²) in [4.78, 5) is 0. The molecule has 0 aliphatic carbocycles. The zero-order chi connectivity index (χ0) is 9.00. The van der Waals surface area contributed by atoms with Gasteiger partial charge in [-0.1, -0.05) is 41.5 Å². The first-order valence-electron chi connectivity index (χ1n) is 3.41. The van der Waals surface area contributed by atoms with Crippen LogP contribution in [0.25, 0.3) is 0 Å². The number of hydrogen-bond acceptors (Lipinski definition) is 2. The monoisotopic (exact) mass is 326 g/mol. The molecule has 0 atom stereocenters. The second kappa shape index (κ2) is 9.25. The summed E-state index contributed by atoms with van der Waals surface area (Å²) < 4.78 is 0. The molecule has 0 heterocycles. The zero-order valence-electron chi connectivity index (χ0n) is 8.82. The van der Waals surface area contributed by atoms with E-state index in [4.69, 9.17) is 0 Å². The summed E-state index contributed by atoms with van der Waals surface area (Å²) in [6.45, 7) is 9.79. The van der Waals surface area contributed by atoms with Crippen LogP contribution in [-0.2, 0) is 52.4 Å². The zero-order valence-corrected chi connectivity index (χ0v) is 13.7. The van der Waals surface area contributed by atoms with Gasteiger partial charge in [0.25, 0.3) is 0 Å². The van der Waals surface area contributed by atoms with Gasteiger partial charge in [-0.25, -0.2) is 0 Å². The van der Waals surface area contributed by atoms with Crippen LogP contribution in [-0.4, -0.2) is 11.2 Å². The van der Waals surface area contributed by atoms with E-state index < -0.39 is 11.2 Å². The molecular weight excluding hydrogens is 311 g/mol. The van der Waals surface area contributed by atoms with Crippen LogP contribution >= 0.6 is 0 Å². The van der Waals surface area contributed by atoms with Crippen LogP contribution in [0.4, 0.5) is 0 Å². The Morgan fingerprint density at radius 2 is 0.583 bits per heavy atom. The fourth-order valence-electron chi connectivity index (χ4n) is 0. The van der Waals surface area contributed by atoms with E-state index in [0.29, 0.717) is 0 Å². The summed E-state index contributed by atoms with van der Waals surface area (Å²) in [6, 6.07) is 0. The molecule has 0 spiro atoms. The van der Waals surface area contributed by atoms with Crippen LogP contribution in [0.3, 0.4) is 0 Å². The Morgan fingerprint density at radius 3 is 0.583 bits per heavy atom. The molecule has 0 radical (unpaired) electrons. The Labute approximate surface area is 114 Å². The summed E-state index contributed by atoms with van der Waals surface area (Å²) in [7, 11) is 0. The number of rotatable bonds is 0. The Balaban J connectivity index is -0.0000000457. The molecule has 0 rings (SSSR count). The van der Waals surface area contributed by atoms with Gasteiger partial charge in [0.2, 0.25) is 0 Å². The molecule has 0 bridgehead atoms. The van der Waals surface area contributed by atoms with Gasteiger partial charge in [0, 0.05) is 0 Å². The molecule has 0 aromatic rings. The Hall–Kier alpha value is 1.69. The van der Waals surface area contributed by atoms with E-state index in [-0.39, 0.29) is 52.4 Å². The third kappa shape index (κ3) is 469.